The fraction of sp³-hybridized carbons (Fsp3) is 0.267. The summed E-state index contributed by atoms with van der Waals surface area (Å²) in [6, 6.07) is 12.1. The minimum atomic E-state index is 0.849. The van der Waals surface area contributed by atoms with Gasteiger partial charge in [0.05, 0.1) is 17.4 Å². The van der Waals surface area contributed by atoms with E-state index in [0.717, 1.165) is 35.8 Å². The van der Waals surface area contributed by atoms with Crippen molar-refractivity contribution in [1.29, 1.82) is 0 Å². The van der Waals surface area contributed by atoms with Gasteiger partial charge in [0.2, 0.25) is 0 Å². The Morgan fingerprint density at radius 1 is 0.900 bits per heavy atom. The summed E-state index contributed by atoms with van der Waals surface area (Å²) in [5.74, 6) is 0.971. The van der Waals surface area contributed by atoms with Crippen LogP contribution in [0.3, 0.4) is 0 Å². The van der Waals surface area contributed by atoms with Gasteiger partial charge in [-0.3, -0.25) is 0 Å². The van der Waals surface area contributed by atoms with Gasteiger partial charge >= 0.3 is 0 Å². The summed E-state index contributed by atoms with van der Waals surface area (Å²) in [5, 5.41) is 13.1. The summed E-state index contributed by atoms with van der Waals surface area (Å²) in [6.45, 7) is 2.17. The molecule has 0 bridgehead atoms. The molecule has 3 aromatic heterocycles. The summed E-state index contributed by atoms with van der Waals surface area (Å²) in [7, 11) is 0. The lowest BCUT2D eigenvalue weighted by Crippen LogP contribution is -2.19. The zero-order valence-electron chi connectivity index (χ0n) is 11.1. The van der Waals surface area contributed by atoms with E-state index < -0.39 is 0 Å². The van der Waals surface area contributed by atoms with Crippen LogP contribution in [0.5, 0.6) is 0 Å². The molecule has 5 nitrogen and oxygen atoms in total. The molecule has 1 fully saturated rings. The number of hydrogen-bond acceptors (Lipinski definition) is 4. The minimum Gasteiger partial charge on any atom is -0.355 e. The highest BCUT2D eigenvalue weighted by molar-refractivity contribution is 5.61. The Kier molecular flexibility index (Phi) is 2.62. The number of fused-ring (bicyclic) bond motifs is 1. The number of hydrogen-bond donors (Lipinski definition) is 0. The maximum absolute atomic E-state index is 4.37. The maximum Gasteiger partial charge on any atom is 0.151 e. The van der Waals surface area contributed by atoms with E-state index >= 15 is 0 Å². The SMILES string of the molecule is c1cc(-c2ccc(N3CCCC3)nn2)n2nccc2c1. The Morgan fingerprint density at radius 3 is 2.60 bits per heavy atom. The van der Waals surface area contributed by atoms with Crippen molar-refractivity contribution in [3.63, 3.8) is 0 Å². The fourth-order valence-electron chi connectivity index (χ4n) is 2.72. The van der Waals surface area contributed by atoms with Gasteiger partial charge in [0.1, 0.15) is 5.69 Å². The van der Waals surface area contributed by atoms with E-state index in [1.165, 1.54) is 12.8 Å². The first-order valence-corrected chi connectivity index (χ1v) is 6.94. The molecule has 1 saturated heterocycles. The van der Waals surface area contributed by atoms with Crippen LogP contribution in [0.25, 0.3) is 16.9 Å². The third-order valence-electron chi connectivity index (χ3n) is 3.76. The maximum atomic E-state index is 4.37. The van der Waals surface area contributed by atoms with Gasteiger partial charge in [-0.15, -0.1) is 10.2 Å². The number of aromatic nitrogens is 4. The number of anilines is 1. The fourth-order valence-corrected chi connectivity index (χ4v) is 2.72. The van der Waals surface area contributed by atoms with Gasteiger partial charge in [0.25, 0.3) is 0 Å². The van der Waals surface area contributed by atoms with E-state index in [2.05, 4.69) is 26.3 Å². The van der Waals surface area contributed by atoms with E-state index in [-0.39, 0.29) is 0 Å². The van der Waals surface area contributed by atoms with E-state index in [1.54, 1.807) is 6.20 Å². The van der Waals surface area contributed by atoms with Crippen molar-refractivity contribution >= 4 is 11.3 Å². The molecular weight excluding hydrogens is 250 g/mol. The van der Waals surface area contributed by atoms with Crippen molar-refractivity contribution in [2.45, 2.75) is 12.8 Å². The highest BCUT2D eigenvalue weighted by atomic mass is 15.3. The van der Waals surface area contributed by atoms with E-state index in [1.807, 2.05) is 34.8 Å². The van der Waals surface area contributed by atoms with Crippen molar-refractivity contribution in [2.24, 2.45) is 0 Å². The van der Waals surface area contributed by atoms with Gasteiger partial charge in [0, 0.05) is 13.1 Å². The van der Waals surface area contributed by atoms with Crippen LogP contribution in [0.2, 0.25) is 0 Å². The molecule has 4 rings (SSSR count). The Hall–Kier alpha value is -2.43. The van der Waals surface area contributed by atoms with Gasteiger partial charge < -0.3 is 4.90 Å². The second kappa shape index (κ2) is 4.59. The number of nitrogens with zero attached hydrogens (tertiary/aromatic N) is 5. The molecule has 100 valence electrons. The number of rotatable bonds is 2. The van der Waals surface area contributed by atoms with Crippen molar-refractivity contribution in [2.75, 3.05) is 18.0 Å². The van der Waals surface area contributed by atoms with Crippen LogP contribution in [0.4, 0.5) is 5.82 Å². The molecule has 4 heterocycles. The molecule has 0 saturated carbocycles. The molecule has 0 aromatic carbocycles. The van der Waals surface area contributed by atoms with Crippen LogP contribution in [-0.4, -0.2) is 32.9 Å². The topological polar surface area (TPSA) is 46.3 Å². The normalized spacial score (nSPS) is 15.1. The zero-order chi connectivity index (χ0) is 13.4. The molecule has 0 radical (unpaired) electrons. The summed E-state index contributed by atoms with van der Waals surface area (Å²) in [5.41, 5.74) is 2.88. The molecule has 0 amide bonds. The monoisotopic (exact) mass is 265 g/mol. The van der Waals surface area contributed by atoms with Crippen LogP contribution in [0.1, 0.15) is 12.8 Å². The van der Waals surface area contributed by atoms with Gasteiger partial charge in [-0.2, -0.15) is 5.10 Å². The van der Waals surface area contributed by atoms with E-state index in [4.69, 9.17) is 0 Å². The first kappa shape index (κ1) is 11.4. The summed E-state index contributed by atoms with van der Waals surface area (Å²) in [6.07, 6.45) is 4.29. The molecule has 3 aromatic rings. The summed E-state index contributed by atoms with van der Waals surface area (Å²) in [4.78, 5) is 2.28. The number of pyridine rings is 1. The van der Waals surface area contributed by atoms with Crippen molar-refractivity contribution in [3.05, 3.63) is 42.6 Å². The average Bonchev–Trinajstić information content (AvgIpc) is 3.18. The minimum absolute atomic E-state index is 0.849. The smallest absolute Gasteiger partial charge is 0.151 e. The second-order valence-corrected chi connectivity index (χ2v) is 5.05. The Labute approximate surface area is 116 Å². The molecule has 5 heteroatoms. The van der Waals surface area contributed by atoms with Gasteiger partial charge in [-0.1, -0.05) is 6.07 Å². The molecular formula is C15H15N5. The third-order valence-corrected chi connectivity index (χ3v) is 3.76. The standard InChI is InChI=1S/C15H15N5/c1-2-11-19(10-1)15-7-6-13(17-18-15)14-5-3-4-12-8-9-16-20(12)14/h3-9H,1-2,10-11H2. The molecule has 0 N–H and O–H groups in total. The first-order valence-electron chi connectivity index (χ1n) is 6.94. The van der Waals surface area contributed by atoms with Crippen molar-refractivity contribution in [1.82, 2.24) is 19.8 Å². The average molecular weight is 265 g/mol. The van der Waals surface area contributed by atoms with Gasteiger partial charge in [-0.25, -0.2) is 4.52 Å². The van der Waals surface area contributed by atoms with Gasteiger partial charge in [0.15, 0.2) is 5.82 Å². The molecule has 0 aliphatic carbocycles. The van der Waals surface area contributed by atoms with E-state index in [9.17, 15) is 0 Å². The first-order chi connectivity index (χ1) is 9.92. The summed E-state index contributed by atoms with van der Waals surface area (Å²) < 4.78 is 1.89. The molecule has 20 heavy (non-hydrogen) atoms. The van der Waals surface area contributed by atoms with Gasteiger partial charge in [-0.05, 0) is 43.2 Å². The second-order valence-electron chi connectivity index (χ2n) is 5.05. The molecule has 0 spiro atoms. The predicted molar refractivity (Wildman–Crippen MR) is 77.7 cm³/mol. The molecule has 1 aliphatic rings. The van der Waals surface area contributed by atoms with Crippen LogP contribution in [0, 0.1) is 0 Å². The Morgan fingerprint density at radius 2 is 1.80 bits per heavy atom. The lowest BCUT2D eigenvalue weighted by molar-refractivity contribution is 0.887. The van der Waals surface area contributed by atoms with Crippen molar-refractivity contribution < 1.29 is 0 Å². The lowest BCUT2D eigenvalue weighted by atomic mass is 10.2. The predicted octanol–water partition coefficient (Wildman–Crippen LogP) is 2.39. The quantitative estimate of drug-likeness (QED) is 0.713. The Balaban J connectivity index is 1.73. The third kappa shape index (κ3) is 1.82. The summed E-state index contributed by atoms with van der Waals surface area (Å²) >= 11 is 0. The molecule has 0 unspecified atom stereocenters. The highest BCUT2D eigenvalue weighted by Crippen LogP contribution is 2.21. The highest BCUT2D eigenvalue weighted by Gasteiger charge is 2.14. The van der Waals surface area contributed by atoms with Crippen LogP contribution < -0.4 is 4.90 Å². The van der Waals surface area contributed by atoms with Crippen molar-refractivity contribution in [3.8, 4) is 11.4 Å². The largest absolute Gasteiger partial charge is 0.355 e. The Bertz CT molecular complexity index is 725. The van der Waals surface area contributed by atoms with Crippen LogP contribution in [0.15, 0.2) is 42.6 Å². The molecule has 1 aliphatic heterocycles. The van der Waals surface area contributed by atoms with Crippen LogP contribution in [-0.2, 0) is 0 Å². The van der Waals surface area contributed by atoms with E-state index in [0.29, 0.717) is 0 Å². The molecule has 0 atom stereocenters. The van der Waals surface area contributed by atoms with Crippen LogP contribution >= 0.6 is 0 Å². The zero-order valence-corrected chi connectivity index (χ0v) is 11.1. The lowest BCUT2D eigenvalue weighted by Gasteiger charge is -2.15.